The molecule has 110 valence electrons. The summed E-state index contributed by atoms with van der Waals surface area (Å²) in [6, 6.07) is 0.502. The highest BCUT2D eigenvalue weighted by Gasteiger charge is 2.46. The zero-order valence-corrected chi connectivity index (χ0v) is 12.9. The smallest absolute Gasteiger partial charge is 0.230 e. The fourth-order valence-electron chi connectivity index (χ4n) is 3.88. The van der Waals surface area contributed by atoms with E-state index in [-0.39, 0.29) is 5.41 Å². The van der Waals surface area contributed by atoms with Crippen molar-refractivity contribution < 1.29 is 4.79 Å². The number of hydrogen-bond donors (Lipinski definition) is 1. The van der Waals surface area contributed by atoms with E-state index in [1.54, 1.807) is 0 Å². The Kier molecular flexibility index (Phi) is 4.88. The summed E-state index contributed by atoms with van der Waals surface area (Å²) in [6.45, 7) is 9.29. The van der Waals surface area contributed by atoms with E-state index in [9.17, 15) is 4.79 Å². The minimum atomic E-state index is -0.145. The third-order valence-corrected chi connectivity index (χ3v) is 5.34. The van der Waals surface area contributed by atoms with Gasteiger partial charge in [-0.2, -0.15) is 0 Å². The zero-order chi connectivity index (χ0) is 13.9. The molecule has 0 radical (unpaired) electrons. The van der Waals surface area contributed by atoms with Gasteiger partial charge in [-0.15, -0.1) is 0 Å². The van der Waals surface area contributed by atoms with Gasteiger partial charge in [-0.1, -0.05) is 33.1 Å². The standard InChI is InChI=1S/C16H30N2O/c1-4-18(14-8-6-5-7-9-14)15(19)16(13(2)3)10-11-17-12-16/h13-14,17H,4-12H2,1-3H3. The van der Waals surface area contributed by atoms with Crippen LogP contribution in [0.5, 0.6) is 0 Å². The molecule has 19 heavy (non-hydrogen) atoms. The molecule has 1 aliphatic heterocycles. The third-order valence-electron chi connectivity index (χ3n) is 5.34. The summed E-state index contributed by atoms with van der Waals surface area (Å²) in [5.74, 6) is 0.842. The van der Waals surface area contributed by atoms with E-state index in [0.29, 0.717) is 17.9 Å². The molecule has 1 saturated carbocycles. The molecular weight excluding hydrogens is 236 g/mol. The van der Waals surface area contributed by atoms with E-state index in [1.165, 1.54) is 32.1 Å². The van der Waals surface area contributed by atoms with Gasteiger partial charge in [-0.3, -0.25) is 4.79 Å². The number of amides is 1. The van der Waals surface area contributed by atoms with E-state index in [4.69, 9.17) is 0 Å². The van der Waals surface area contributed by atoms with Crippen LogP contribution < -0.4 is 5.32 Å². The lowest BCUT2D eigenvalue weighted by Gasteiger charge is -2.41. The predicted octanol–water partition coefficient (Wildman–Crippen LogP) is 2.80. The summed E-state index contributed by atoms with van der Waals surface area (Å²) >= 11 is 0. The molecule has 1 aliphatic carbocycles. The van der Waals surface area contributed by atoms with Gasteiger partial charge in [-0.25, -0.2) is 0 Å². The van der Waals surface area contributed by atoms with Crippen molar-refractivity contribution in [2.75, 3.05) is 19.6 Å². The van der Waals surface area contributed by atoms with Crippen molar-refractivity contribution in [3.63, 3.8) is 0 Å². The first-order chi connectivity index (χ1) is 9.12. The Hall–Kier alpha value is -0.570. The molecule has 0 bridgehead atoms. The molecule has 1 amide bonds. The van der Waals surface area contributed by atoms with Gasteiger partial charge in [-0.05, 0) is 38.6 Å². The largest absolute Gasteiger partial charge is 0.339 e. The van der Waals surface area contributed by atoms with Gasteiger partial charge < -0.3 is 10.2 Å². The first-order valence-corrected chi connectivity index (χ1v) is 8.13. The molecule has 1 atom stereocenters. The fraction of sp³-hybridized carbons (Fsp3) is 0.938. The zero-order valence-electron chi connectivity index (χ0n) is 12.9. The van der Waals surface area contributed by atoms with Crippen LogP contribution in [0.4, 0.5) is 0 Å². The Labute approximate surface area is 118 Å². The third kappa shape index (κ3) is 2.81. The SMILES string of the molecule is CCN(C(=O)C1(C(C)C)CCNC1)C1CCCCC1. The van der Waals surface area contributed by atoms with Crippen molar-refractivity contribution in [3.8, 4) is 0 Å². The lowest BCUT2D eigenvalue weighted by molar-refractivity contribution is -0.146. The molecule has 0 aromatic rings. The van der Waals surface area contributed by atoms with Gasteiger partial charge in [0.25, 0.3) is 0 Å². The number of carbonyl (C=O) groups is 1. The van der Waals surface area contributed by atoms with Crippen molar-refractivity contribution in [2.45, 2.75) is 65.3 Å². The van der Waals surface area contributed by atoms with Crippen LogP contribution in [-0.4, -0.2) is 36.5 Å². The maximum absolute atomic E-state index is 13.1. The summed E-state index contributed by atoms with van der Waals surface area (Å²) in [7, 11) is 0. The van der Waals surface area contributed by atoms with E-state index in [0.717, 1.165) is 26.1 Å². The molecule has 0 spiro atoms. The van der Waals surface area contributed by atoms with Gasteiger partial charge in [0, 0.05) is 19.1 Å². The highest BCUT2D eigenvalue weighted by atomic mass is 16.2. The van der Waals surface area contributed by atoms with Crippen molar-refractivity contribution in [1.82, 2.24) is 10.2 Å². The number of rotatable bonds is 4. The Bertz CT molecular complexity index is 302. The summed E-state index contributed by atoms with van der Waals surface area (Å²) < 4.78 is 0. The lowest BCUT2D eigenvalue weighted by atomic mass is 9.74. The van der Waals surface area contributed by atoms with Crippen molar-refractivity contribution in [3.05, 3.63) is 0 Å². The van der Waals surface area contributed by atoms with Crippen molar-refractivity contribution >= 4 is 5.91 Å². The highest BCUT2D eigenvalue weighted by molar-refractivity contribution is 5.84. The highest BCUT2D eigenvalue weighted by Crippen LogP contribution is 2.37. The minimum Gasteiger partial charge on any atom is -0.339 e. The maximum atomic E-state index is 13.1. The van der Waals surface area contributed by atoms with Crippen LogP contribution >= 0.6 is 0 Å². The van der Waals surface area contributed by atoms with E-state index in [1.807, 2.05) is 0 Å². The Morgan fingerprint density at radius 3 is 2.47 bits per heavy atom. The first-order valence-electron chi connectivity index (χ1n) is 8.13. The van der Waals surface area contributed by atoms with Crippen LogP contribution in [-0.2, 0) is 4.79 Å². The van der Waals surface area contributed by atoms with Crippen LogP contribution in [0.2, 0.25) is 0 Å². The second-order valence-electron chi connectivity index (χ2n) is 6.62. The second-order valence-corrected chi connectivity index (χ2v) is 6.62. The topological polar surface area (TPSA) is 32.3 Å². The van der Waals surface area contributed by atoms with Crippen molar-refractivity contribution in [2.24, 2.45) is 11.3 Å². The van der Waals surface area contributed by atoms with E-state index >= 15 is 0 Å². The molecule has 1 unspecified atom stereocenters. The molecule has 1 saturated heterocycles. The number of nitrogens with zero attached hydrogens (tertiary/aromatic N) is 1. The van der Waals surface area contributed by atoms with Gasteiger partial charge in [0.15, 0.2) is 0 Å². The average Bonchev–Trinajstić information content (AvgIpc) is 2.91. The molecule has 3 nitrogen and oxygen atoms in total. The monoisotopic (exact) mass is 266 g/mol. The Morgan fingerprint density at radius 1 is 1.32 bits per heavy atom. The van der Waals surface area contributed by atoms with Gasteiger partial charge in [0.1, 0.15) is 0 Å². The van der Waals surface area contributed by atoms with Crippen molar-refractivity contribution in [1.29, 1.82) is 0 Å². The Balaban J connectivity index is 2.14. The number of nitrogens with one attached hydrogen (secondary N) is 1. The summed E-state index contributed by atoms with van der Waals surface area (Å²) in [5, 5.41) is 3.41. The normalized spacial score (nSPS) is 28.8. The van der Waals surface area contributed by atoms with Crippen LogP contribution in [0.3, 0.4) is 0 Å². The molecular formula is C16H30N2O. The summed E-state index contributed by atoms with van der Waals surface area (Å²) in [4.78, 5) is 15.3. The van der Waals surface area contributed by atoms with Crippen LogP contribution in [0.25, 0.3) is 0 Å². The fourth-order valence-corrected chi connectivity index (χ4v) is 3.88. The summed E-state index contributed by atoms with van der Waals surface area (Å²) in [5.41, 5.74) is -0.145. The van der Waals surface area contributed by atoms with Crippen LogP contribution in [0.1, 0.15) is 59.3 Å². The van der Waals surface area contributed by atoms with E-state index in [2.05, 4.69) is 31.0 Å². The summed E-state index contributed by atoms with van der Waals surface area (Å²) in [6.07, 6.45) is 7.36. The van der Waals surface area contributed by atoms with Gasteiger partial charge in [0.05, 0.1) is 5.41 Å². The molecule has 3 heteroatoms. The number of hydrogen-bond acceptors (Lipinski definition) is 2. The molecule has 1 N–H and O–H groups in total. The lowest BCUT2D eigenvalue weighted by Crippen LogP contribution is -2.52. The first kappa shape index (κ1) is 14.8. The second kappa shape index (κ2) is 6.25. The van der Waals surface area contributed by atoms with Gasteiger partial charge >= 0.3 is 0 Å². The maximum Gasteiger partial charge on any atom is 0.230 e. The molecule has 0 aromatic heterocycles. The van der Waals surface area contributed by atoms with E-state index < -0.39 is 0 Å². The minimum absolute atomic E-state index is 0.145. The molecule has 2 fully saturated rings. The average molecular weight is 266 g/mol. The number of carbonyl (C=O) groups excluding carboxylic acids is 1. The molecule has 0 aromatic carbocycles. The van der Waals surface area contributed by atoms with Crippen LogP contribution in [0.15, 0.2) is 0 Å². The van der Waals surface area contributed by atoms with Gasteiger partial charge in [0.2, 0.25) is 5.91 Å². The Morgan fingerprint density at radius 2 is 2.00 bits per heavy atom. The molecule has 2 rings (SSSR count). The predicted molar refractivity (Wildman–Crippen MR) is 79.0 cm³/mol. The molecule has 2 aliphatic rings. The quantitative estimate of drug-likeness (QED) is 0.848. The van der Waals surface area contributed by atoms with Crippen LogP contribution in [0, 0.1) is 11.3 Å². The molecule has 1 heterocycles.